The van der Waals surface area contributed by atoms with Crippen LogP contribution in [0.1, 0.15) is 32.6 Å². The molecule has 2 nitrogen and oxygen atoms in total. The molecule has 0 rings (SSSR count). The van der Waals surface area contributed by atoms with E-state index in [0.717, 1.165) is 12.8 Å². The minimum atomic E-state index is -0.850. The maximum atomic E-state index is 9.95. The van der Waals surface area contributed by atoms with Crippen molar-refractivity contribution in [2.24, 2.45) is 0 Å². The summed E-state index contributed by atoms with van der Waals surface area (Å²) in [6.07, 6.45) is 7.26. The zero-order valence-corrected chi connectivity index (χ0v) is 9.69. The van der Waals surface area contributed by atoms with E-state index in [1.807, 2.05) is 0 Å². The summed E-state index contributed by atoms with van der Waals surface area (Å²) in [4.78, 5) is 9.95. The standard InChI is InChI=1S/C8H14O2.Sn/c1-2-3-4-5-6-7-8(9)10;/h6-7H,2-5H2,1H3,(H,9,10);. The van der Waals surface area contributed by atoms with Gasteiger partial charge < -0.3 is 5.11 Å². The topological polar surface area (TPSA) is 37.3 Å². The van der Waals surface area contributed by atoms with E-state index in [1.54, 1.807) is 6.08 Å². The smallest absolute Gasteiger partial charge is 0.327 e. The minimum absolute atomic E-state index is 0. The quantitative estimate of drug-likeness (QED) is 0.465. The van der Waals surface area contributed by atoms with Gasteiger partial charge in [-0.05, 0) is 12.8 Å². The van der Waals surface area contributed by atoms with E-state index in [9.17, 15) is 4.79 Å². The third-order valence-electron chi connectivity index (χ3n) is 1.23. The summed E-state index contributed by atoms with van der Waals surface area (Å²) in [5.41, 5.74) is 0. The molecule has 0 bridgehead atoms. The summed E-state index contributed by atoms with van der Waals surface area (Å²) < 4.78 is 0. The first-order chi connectivity index (χ1) is 4.77. The first kappa shape index (κ1) is 13.6. The van der Waals surface area contributed by atoms with Gasteiger partial charge >= 0.3 is 5.97 Å². The molecule has 62 valence electrons. The van der Waals surface area contributed by atoms with Gasteiger partial charge in [0.15, 0.2) is 0 Å². The fraction of sp³-hybridized carbons (Fsp3) is 0.625. The number of carboxylic acid groups (broad SMARTS) is 1. The van der Waals surface area contributed by atoms with Crippen molar-refractivity contribution in [3.8, 4) is 0 Å². The molecule has 1 N–H and O–H groups in total. The number of hydrogen-bond acceptors (Lipinski definition) is 1. The fourth-order valence-electron chi connectivity index (χ4n) is 0.696. The van der Waals surface area contributed by atoms with Crippen LogP contribution in [-0.2, 0) is 4.79 Å². The van der Waals surface area contributed by atoms with Crippen LogP contribution >= 0.6 is 0 Å². The van der Waals surface area contributed by atoms with Crippen LogP contribution in [0.3, 0.4) is 0 Å². The summed E-state index contributed by atoms with van der Waals surface area (Å²) in [5, 5.41) is 8.18. The molecule has 0 aliphatic heterocycles. The van der Waals surface area contributed by atoms with Crippen molar-refractivity contribution in [2.45, 2.75) is 32.6 Å². The normalized spacial score (nSPS) is 9.55. The van der Waals surface area contributed by atoms with Crippen LogP contribution in [0.4, 0.5) is 0 Å². The molecule has 0 spiro atoms. The molecule has 0 aliphatic carbocycles. The molecule has 0 unspecified atom stereocenters. The zero-order valence-electron chi connectivity index (χ0n) is 6.84. The molecule has 0 heterocycles. The Morgan fingerprint density at radius 1 is 1.45 bits per heavy atom. The van der Waals surface area contributed by atoms with Gasteiger partial charge in [-0.2, -0.15) is 0 Å². The van der Waals surface area contributed by atoms with Crippen LogP contribution in [0.2, 0.25) is 0 Å². The van der Waals surface area contributed by atoms with E-state index < -0.39 is 5.97 Å². The Morgan fingerprint density at radius 3 is 2.55 bits per heavy atom. The predicted molar refractivity (Wildman–Crippen MR) is 46.7 cm³/mol. The molecular formula is C8H14O2Sn. The molecule has 0 saturated carbocycles. The molecule has 0 aliphatic rings. The van der Waals surface area contributed by atoms with E-state index >= 15 is 0 Å². The van der Waals surface area contributed by atoms with Crippen LogP contribution in [-0.4, -0.2) is 35.0 Å². The van der Waals surface area contributed by atoms with Gasteiger partial charge in [0, 0.05) is 30.0 Å². The van der Waals surface area contributed by atoms with Crippen LogP contribution in [0.5, 0.6) is 0 Å². The van der Waals surface area contributed by atoms with E-state index in [0.29, 0.717) is 0 Å². The molecule has 3 heteroatoms. The third kappa shape index (κ3) is 13.1. The first-order valence-corrected chi connectivity index (χ1v) is 3.67. The number of unbranched alkanes of at least 4 members (excludes halogenated alkanes) is 3. The van der Waals surface area contributed by atoms with Crippen molar-refractivity contribution in [1.29, 1.82) is 0 Å². The molecule has 0 fully saturated rings. The van der Waals surface area contributed by atoms with Crippen LogP contribution < -0.4 is 0 Å². The number of allylic oxidation sites excluding steroid dienone is 1. The Kier molecular flexibility index (Phi) is 12.4. The second-order valence-electron chi connectivity index (χ2n) is 2.24. The second-order valence-corrected chi connectivity index (χ2v) is 2.24. The number of rotatable bonds is 5. The van der Waals surface area contributed by atoms with Gasteiger partial charge in [-0.15, -0.1) is 0 Å². The Labute approximate surface area is 84.6 Å². The molecule has 11 heavy (non-hydrogen) atoms. The Morgan fingerprint density at radius 2 is 2.09 bits per heavy atom. The molecule has 0 aromatic heterocycles. The van der Waals surface area contributed by atoms with Crippen LogP contribution in [0.15, 0.2) is 12.2 Å². The summed E-state index contributed by atoms with van der Waals surface area (Å²) in [6.45, 7) is 2.13. The van der Waals surface area contributed by atoms with Gasteiger partial charge in [0.05, 0.1) is 0 Å². The number of carboxylic acids is 1. The Hall–Kier alpha value is 0.00870. The molecule has 4 radical (unpaired) electrons. The zero-order chi connectivity index (χ0) is 7.82. The third-order valence-corrected chi connectivity index (χ3v) is 1.23. The fourth-order valence-corrected chi connectivity index (χ4v) is 0.696. The van der Waals surface area contributed by atoms with E-state index in [-0.39, 0.29) is 23.9 Å². The molecule has 0 aromatic rings. The van der Waals surface area contributed by atoms with Crippen molar-refractivity contribution in [1.82, 2.24) is 0 Å². The number of aliphatic carboxylic acids is 1. The van der Waals surface area contributed by atoms with Gasteiger partial charge in [-0.1, -0.05) is 25.8 Å². The van der Waals surface area contributed by atoms with Crippen molar-refractivity contribution < 1.29 is 9.90 Å². The van der Waals surface area contributed by atoms with Gasteiger partial charge in [0.2, 0.25) is 0 Å². The summed E-state index contributed by atoms with van der Waals surface area (Å²) in [7, 11) is 0. The maximum absolute atomic E-state index is 9.95. The van der Waals surface area contributed by atoms with Gasteiger partial charge in [-0.3, -0.25) is 0 Å². The Bertz CT molecular complexity index is 121. The van der Waals surface area contributed by atoms with Crippen molar-refractivity contribution in [3.05, 3.63) is 12.2 Å². The monoisotopic (exact) mass is 262 g/mol. The van der Waals surface area contributed by atoms with E-state index in [1.165, 1.54) is 18.9 Å². The average molecular weight is 261 g/mol. The average Bonchev–Trinajstić information content (AvgIpc) is 1.87. The van der Waals surface area contributed by atoms with Gasteiger partial charge in [0.1, 0.15) is 0 Å². The molecule has 0 atom stereocenters. The summed E-state index contributed by atoms with van der Waals surface area (Å²) >= 11 is 0. The van der Waals surface area contributed by atoms with Crippen molar-refractivity contribution in [2.75, 3.05) is 0 Å². The largest absolute Gasteiger partial charge is 0.478 e. The maximum Gasteiger partial charge on any atom is 0.327 e. The summed E-state index contributed by atoms with van der Waals surface area (Å²) in [5.74, 6) is -0.850. The minimum Gasteiger partial charge on any atom is -0.478 e. The van der Waals surface area contributed by atoms with Crippen LogP contribution in [0, 0.1) is 0 Å². The molecule has 0 saturated heterocycles. The molecular weight excluding hydrogens is 247 g/mol. The van der Waals surface area contributed by atoms with Gasteiger partial charge in [-0.25, -0.2) is 4.79 Å². The van der Waals surface area contributed by atoms with E-state index in [2.05, 4.69) is 6.92 Å². The first-order valence-electron chi connectivity index (χ1n) is 3.67. The Balaban J connectivity index is 0. The predicted octanol–water partition coefficient (Wildman–Crippen LogP) is 1.83. The van der Waals surface area contributed by atoms with Crippen molar-refractivity contribution in [3.63, 3.8) is 0 Å². The second kappa shape index (κ2) is 10.0. The molecule has 0 aromatic carbocycles. The van der Waals surface area contributed by atoms with Gasteiger partial charge in [0.25, 0.3) is 0 Å². The SMILES string of the molecule is CCCCCC=CC(=O)O.[Sn]. The number of carbonyl (C=O) groups is 1. The van der Waals surface area contributed by atoms with Crippen molar-refractivity contribution >= 4 is 29.9 Å². The van der Waals surface area contributed by atoms with E-state index in [4.69, 9.17) is 5.11 Å². The van der Waals surface area contributed by atoms with Crippen LogP contribution in [0.25, 0.3) is 0 Å². The molecule has 0 amide bonds. The summed E-state index contributed by atoms with van der Waals surface area (Å²) in [6, 6.07) is 0. The number of hydrogen-bond donors (Lipinski definition) is 1.